The molecule has 0 aromatic heterocycles. The van der Waals surface area contributed by atoms with Crippen molar-refractivity contribution < 1.29 is 9.59 Å². The van der Waals surface area contributed by atoms with Crippen LogP contribution in [-0.2, 0) is 11.3 Å². The molecule has 1 heterocycles. The van der Waals surface area contributed by atoms with Crippen molar-refractivity contribution in [3.63, 3.8) is 0 Å². The lowest BCUT2D eigenvalue weighted by molar-refractivity contribution is -0.118. The average molecular weight is 331 g/mol. The third-order valence-electron chi connectivity index (χ3n) is 4.79. The summed E-state index contributed by atoms with van der Waals surface area (Å²) in [6.45, 7) is 9.78. The first-order chi connectivity index (χ1) is 11.4. The van der Waals surface area contributed by atoms with E-state index in [9.17, 15) is 9.59 Å². The van der Waals surface area contributed by atoms with Gasteiger partial charge in [0.05, 0.1) is 0 Å². The maximum atomic E-state index is 12.6. The maximum absolute atomic E-state index is 12.6. The second-order valence-corrected chi connectivity index (χ2v) is 6.93. The van der Waals surface area contributed by atoms with Gasteiger partial charge in [-0.15, -0.1) is 0 Å². The van der Waals surface area contributed by atoms with Crippen molar-refractivity contribution in [2.75, 3.05) is 19.6 Å². The molecule has 1 atom stereocenters. The minimum Gasteiger partial charge on any atom is -0.370 e. The number of hydrogen-bond donors (Lipinski definition) is 1. The van der Waals surface area contributed by atoms with Crippen LogP contribution in [0.25, 0.3) is 0 Å². The van der Waals surface area contributed by atoms with Crippen LogP contribution in [0.3, 0.4) is 0 Å². The van der Waals surface area contributed by atoms with Crippen LogP contribution in [0.4, 0.5) is 0 Å². The van der Waals surface area contributed by atoms with Crippen molar-refractivity contribution in [3.05, 3.63) is 35.4 Å². The second-order valence-electron chi connectivity index (χ2n) is 6.93. The molecule has 132 valence electrons. The summed E-state index contributed by atoms with van der Waals surface area (Å²) in [7, 11) is 0. The smallest absolute Gasteiger partial charge is 0.253 e. The molecule has 2 amide bonds. The van der Waals surface area contributed by atoms with Gasteiger partial charge in [-0.05, 0) is 50.4 Å². The number of rotatable bonds is 7. The Kier molecular flexibility index (Phi) is 6.37. The Balaban J connectivity index is 1.95. The molecule has 1 saturated heterocycles. The molecule has 0 aliphatic carbocycles. The van der Waals surface area contributed by atoms with E-state index in [1.54, 1.807) is 0 Å². The second kappa shape index (κ2) is 8.29. The zero-order valence-electron chi connectivity index (χ0n) is 15.0. The molecule has 1 fully saturated rings. The van der Waals surface area contributed by atoms with Crippen LogP contribution in [0.1, 0.15) is 49.5 Å². The summed E-state index contributed by atoms with van der Waals surface area (Å²) in [6, 6.07) is 8.40. The highest BCUT2D eigenvalue weighted by Crippen LogP contribution is 2.21. The van der Waals surface area contributed by atoms with Gasteiger partial charge in [0.25, 0.3) is 5.91 Å². The van der Waals surface area contributed by atoms with E-state index in [0.29, 0.717) is 31.1 Å². The lowest BCUT2D eigenvalue weighted by Crippen LogP contribution is -2.30. The molecule has 0 saturated carbocycles. The van der Waals surface area contributed by atoms with E-state index in [1.807, 2.05) is 29.2 Å². The van der Waals surface area contributed by atoms with Gasteiger partial charge < -0.3 is 10.6 Å². The van der Waals surface area contributed by atoms with Crippen LogP contribution in [0.5, 0.6) is 0 Å². The summed E-state index contributed by atoms with van der Waals surface area (Å²) in [6.07, 6.45) is 1.22. The first kappa shape index (κ1) is 18.5. The lowest BCUT2D eigenvalue weighted by Gasteiger charge is -2.24. The van der Waals surface area contributed by atoms with Crippen molar-refractivity contribution in [2.45, 2.75) is 46.2 Å². The molecule has 0 radical (unpaired) electrons. The van der Waals surface area contributed by atoms with Crippen LogP contribution in [0.15, 0.2) is 24.3 Å². The van der Waals surface area contributed by atoms with Gasteiger partial charge >= 0.3 is 0 Å². The van der Waals surface area contributed by atoms with Crippen molar-refractivity contribution in [3.8, 4) is 0 Å². The van der Waals surface area contributed by atoms with Crippen LogP contribution in [0, 0.1) is 5.92 Å². The van der Waals surface area contributed by atoms with Crippen LogP contribution < -0.4 is 5.73 Å². The van der Waals surface area contributed by atoms with Gasteiger partial charge in [0, 0.05) is 37.7 Å². The molecule has 0 bridgehead atoms. The highest BCUT2D eigenvalue weighted by molar-refractivity contribution is 5.94. The van der Waals surface area contributed by atoms with Gasteiger partial charge in [-0.1, -0.05) is 19.1 Å². The Hall–Kier alpha value is -1.88. The molecular weight excluding hydrogens is 302 g/mol. The molecule has 1 unspecified atom stereocenters. The van der Waals surface area contributed by atoms with Crippen LogP contribution in [0.2, 0.25) is 0 Å². The van der Waals surface area contributed by atoms with E-state index in [0.717, 1.165) is 19.5 Å². The topological polar surface area (TPSA) is 66.6 Å². The standard InChI is InChI=1S/C19H29N3O2/c1-4-21(14(2)3)12-15-5-7-17(8-6-15)19(24)22-10-9-16(13-22)11-18(20)23/h5-8,14,16H,4,9-13H2,1-3H3,(H2,20,23). The number of carbonyl (C=O) groups is 2. The Labute approximate surface area is 144 Å². The van der Waals surface area contributed by atoms with Crippen molar-refractivity contribution in [1.29, 1.82) is 0 Å². The number of likely N-dealkylation sites (tertiary alicyclic amines) is 1. The lowest BCUT2D eigenvalue weighted by atomic mass is 10.1. The van der Waals surface area contributed by atoms with E-state index in [4.69, 9.17) is 5.73 Å². The van der Waals surface area contributed by atoms with E-state index in [1.165, 1.54) is 5.56 Å². The molecule has 1 aliphatic rings. The normalized spacial score (nSPS) is 17.7. The Morgan fingerprint density at radius 1 is 1.29 bits per heavy atom. The molecule has 1 aromatic rings. The van der Waals surface area contributed by atoms with E-state index < -0.39 is 0 Å². The third kappa shape index (κ3) is 4.81. The third-order valence-corrected chi connectivity index (χ3v) is 4.79. The summed E-state index contributed by atoms with van der Waals surface area (Å²) in [5.41, 5.74) is 7.18. The van der Waals surface area contributed by atoms with Crippen molar-refractivity contribution in [1.82, 2.24) is 9.80 Å². The molecule has 0 spiro atoms. The highest BCUT2D eigenvalue weighted by Gasteiger charge is 2.27. The largest absolute Gasteiger partial charge is 0.370 e. The van der Waals surface area contributed by atoms with Crippen LogP contribution in [-0.4, -0.2) is 47.3 Å². The quantitative estimate of drug-likeness (QED) is 0.833. The summed E-state index contributed by atoms with van der Waals surface area (Å²) in [5, 5.41) is 0. The Morgan fingerprint density at radius 3 is 2.50 bits per heavy atom. The number of nitrogens with zero attached hydrogens (tertiary/aromatic N) is 2. The first-order valence-electron chi connectivity index (χ1n) is 8.81. The molecular formula is C19H29N3O2. The monoisotopic (exact) mass is 331 g/mol. The summed E-state index contributed by atoms with van der Waals surface area (Å²) in [5.74, 6) is -0.0381. The molecule has 24 heavy (non-hydrogen) atoms. The average Bonchev–Trinajstić information content (AvgIpc) is 2.99. The highest BCUT2D eigenvalue weighted by atomic mass is 16.2. The predicted molar refractivity (Wildman–Crippen MR) is 95.5 cm³/mol. The van der Waals surface area contributed by atoms with Crippen molar-refractivity contribution in [2.24, 2.45) is 11.7 Å². The maximum Gasteiger partial charge on any atom is 0.253 e. The van der Waals surface area contributed by atoms with Gasteiger partial charge in [-0.25, -0.2) is 0 Å². The zero-order valence-corrected chi connectivity index (χ0v) is 15.0. The van der Waals surface area contributed by atoms with E-state index in [-0.39, 0.29) is 17.7 Å². The first-order valence-corrected chi connectivity index (χ1v) is 8.81. The fraction of sp³-hybridized carbons (Fsp3) is 0.579. The Bertz CT molecular complexity index is 568. The number of nitrogens with two attached hydrogens (primary N) is 1. The minimum atomic E-state index is -0.288. The van der Waals surface area contributed by atoms with Gasteiger partial charge in [0.2, 0.25) is 5.91 Å². The van der Waals surface area contributed by atoms with E-state index in [2.05, 4.69) is 25.7 Å². The van der Waals surface area contributed by atoms with Gasteiger partial charge in [-0.3, -0.25) is 14.5 Å². The fourth-order valence-corrected chi connectivity index (χ4v) is 3.30. The fourth-order valence-electron chi connectivity index (χ4n) is 3.30. The SMILES string of the molecule is CCN(Cc1ccc(C(=O)N2CCC(CC(N)=O)C2)cc1)C(C)C. The predicted octanol–water partition coefficient (Wildman–Crippen LogP) is 2.25. The summed E-state index contributed by atoms with van der Waals surface area (Å²) >= 11 is 0. The Morgan fingerprint density at radius 2 is 1.96 bits per heavy atom. The summed E-state index contributed by atoms with van der Waals surface area (Å²) < 4.78 is 0. The molecule has 1 aromatic carbocycles. The number of hydrogen-bond acceptors (Lipinski definition) is 3. The molecule has 5 heteroatoms. The zero-order chi connectivity index (χ0) is 17.7. The number of benzene rings is 1. The van der Waals surface area contributed by atoms with Crippen molar-refractivity contribution >= 4 is 11.8 Å². The minimum absolute atomic E-state index is 0.0460. The number of carbonyl (C=O) groups excluding carboxylic acids is 2. The van der Waals surface area contributed by atoms with E-state index >= 15 is 0 Å². The molecule has 2 N–H and O–H groups in total. The molecule has 5 nitrogen and oxygen atoms in total. The number of amides is 2. The van der Waals surface area contributed by atoms with Crippen LogP contribution >= 0.6 is 0 Å². The van der Waals surface area contributed by atoms with Gasteiger partial charge in [-0.2, -0.15) is 0 Å². The van der Waals surface area contributed by atoms with Gasteiger partial charge in [0.15, 0.2) is 0 Å². The number of primary amides is 1. The molecule has 1 aliphatic heterocycles. The van der Waals surface area contributed by atoms with Gasteiger partial charge in [0.1, 0.15) is 0 Å². The summed E-state index contributed by atoms with van der Waals surface area (Å²) in [4.78, 5) is 27.8. The molecule has 2 rings (SSSR count).